The van der Waals surface area contributed by atoms with E-state index in [1.54, 1.807) is 17.4 Å². The zero-order chi connectivity index (χ0) is 15.8. The van der Waals surface area contributed by atoms with Gasteiger partial charge in [0.05, 0.1) is 38.2 Å². The number of hydrogen-bond acceptors (Lipinski definition) is 4. The van der Waals surface area contributed by atoms with Gasteiger partial charge in [0.1, 0.15) is 5.75 Å². The molecule has 1 N–H and O–H groups in total. The number of imidazole rings is 1. The van der Waals surface area contributed by atoms with Gasteiger partial charge in [-0.15, -0.1) is 0 Å². The maximum absolute atomic E-state index is 12.3. The highest BCUT2D eigenvalue weighted by Crippen LogP contribution is 2.10. The first kappa shape index (κ1) is 16.0. The molecular formula is C16H21N3O3. The van der Waals surface area contributed by atoms with Crippen LogP contribution in [0, 0.1) is 0 Å². The standard InChI is InChI=1S/C16H21N3O3/c1-18-13-17-11-14(18)12-19(8-9-20)16(21)7-10-22-15-5-3-2-4-6-15/h2-6,11,13,20H,7-10,12H2,1H3. The van der Waals surface area contributed by atoms with Crippen molar-refractivity contribution >= 4 is 5.91 Å². The van der Waals surface area contributed by atoms with Gasteiger partial charge < -0.3 is 19.3 Å². The van der Waals surface area contributed by atoms with Crippen LogP contribution in [0.3, 0.4) is 0 Å². The van der Waals surface area contributed by atoms with Crippen molar-refractivity contribution in [2.75, 3.05) is 19.8 Å². The third-order valence-electron chi connectivity index (χ3n) is 3.32. The fourth-order valence-corrected chi connectivity index (χ4v) is 2.08. The summed E-state index contributed by atoms with van der Waals surface area (Å²) in [4.78, 5) is 17.9. The smallest absolute Gasteiger partial charge is 0.226 e. The fourth-order valence-electron chi connectivity index (χ4n) is 2.08. The number of ether oxygens (including phenoxy) is 1. The molecule has 0 fully saturated rings. The van der Waals surface area contributed by atoms with E-state index in [4.69, 9.17) is 9.84 Å². The summed E-state index contributed by atoms with van der Waals surface area (Å²) in [5.41, 5.74) is 0.922. The fraction of sp³-hybridized carbons (Fsp3) is 0.375. The Kier molecular flexibility index (Phi) is 5.97. The molecule has 6 nitrogen and oxygen atoms in total. The Morgan fingerprint density at radius 1 is 1.36 bits per heavy atom. The van der Waals surface area contributed by atoms with Crippen LogP contribution in [-0.4, -0.2) is 45.2 Å². The molecule has 2 aromatic rings. The first-order valence-corrected chi connectivity index (χ1v) is 7.22. The minimum Gasteiger partial charge on any atom is -0.493 e. The van der Waals surface area contributed by atoms with E-state index in [1.807, 2.05) is 41.9 Å². The predicted octanol–water partition coefficient (Wildman–Crippen LogP) is 1.21. The highest BCUT2D eigenvalue weighted by Gasteiger charge is 2.15. The van der Waals surface area contributed by atoms with Crippen molar-refractivity contribution in [1.29, 1.82) is 0 Å². The van der Waals surface area contributed by atoms with Crippen molar-refractivity contribution < 1.29 is 14.6 Å². The van der Waals surface area contributed by atoms with E-state index < -0.39 is 0 Å². The molecule has 0 saturated heterocycles. The van der Waals surface area contributed by atoms with Crippen LogP contribution in [0.25, 0.3) is 0 Å². The lowest BCUT2D eigenvalue weighted by Crippen LogP contribution is -2.34. The SMILES string of the molecule is Cn1cncc1CN(CCO)C(=O)CCOc1ccccc1. The van der Waals surface area contributed by atoms with Crippen LogP contribution in [0.5, 0.6) is 5.75 Å². The quantitative estimate of drug-likeness (QED) is 0.796. The monoisotopic (exact) mass is 303 g/mol. The first-order valence-electron chi connectivity index (χ1n) is 7.22. The van der Waals surface area contributed by atoms with Gasteiger partial charge in [-0.2, -0.15) is 0 Å². The lowest BCUT2D eigenvalue weighted by molar-refractivity contribution is -0.133. The van der Waals surface area contributed by atoms with Crippen molar-refractivity contribution in [3.05, 3.63) is 48.5 Å². The Balaban J connectivity index is 1.85. The number of carbonyl (C=O) groups is 1. The van der Waals surface area contributed by atoms with Gasteiger partial charge in [-0.05, 0) is 12.1 Å². The molecule has 118 valence electrons. The molecular weight excluding hydrogens is 282 g/mol. The molecule has 0 saturated carbocycles. The summed E-state index contributed by atoms with van der Waals surface area (Å²) >= 11 is 0. The topological polar surface area (TPSA) is 67.6 Å². The molecule has 0 bridgehead atoms. The van der Waals surface area contributed by atoms with E-state index in [2.05, 4.69) is 4.98 Å². The van der Waals surface area contributed by atoms with Gasteiger partial charge >= 0.3 is 0 Å². The molecule has 1 heterocycles. The summed E-state index contributed by atoms with van der Waals surface area (Å²) in [7, 11) is 1.88. The number of benzene rings is 1. The maximum atomic E-state index is 12.3. The van der Waals surface area contributed by atoms with Gasteiger partial charge in [-0.3, -0.25) is 4.79 Å². The molecule has 0 aliphatic carbocycles. The number of para-hydroxylation sites is 1. The number of aliphatic hydroxyl groups excluding tert-OH is 1. The van der Waals surface area contributed by atoms with E-state index >= 15 is 0 Å². The second-order valence-corrected chi connectivity index (χ2v) is 4.95. The predicted molar refractivity (Wildman–Crippen MR) is 82.3 cm³/mol. The molecule has 0 spiro atoms. The van der Waals surface area contributed by atoms with E-state index in [0.717, 1.165) is 11.4 Å². The number of nitrogens with zero attached hydrogens (tertiary/aromatic N) is 3. The van der Waals surface area contributed by atoms with Crippen molar-refractivity contribution in [2.24, 2.45) is 7.05 Å². The van der Waals surface area contributed by atoms with Crippen molar-refractivity contribution in [2.45, 2.75) is 13.0 Å². The third kappa shape index (κ3) is 4.60. The largest absolute Gasteiger partial charge is 0.493 e. The van der Waals surface area contributed by atoms with Gasteiger partial charge in [-0.1, -0.05) is 18.2 Å². The number of aromatic nitrogens is 2. The number of hydrogen-bond donors (Lipinski definition) is 1. The molecule has 0 unspecified atom stereocenters. The Labute approximate surface area is 130 Å². The second kappa shape index (κ2) is 8.19. The highest BCUT2D eigenvalue weighted by molar-refractivity contribution is 5.76. The minimum absolute atomic E-state index is 0.0498. The van der Waals surface area contributed by atoms with Crippen molar-refractivity contribution in [3.8, 4) is 5.75 Å². The van der Waals surface area contributed by atoms with E-state index in [1.165, 1.54) is 0 Å². The zero-order valence-corrected chi connectivity index (χ0v) is 12.7. The first-order chi connectivity index (χ1) is 10.7. The van der Waals surface area contributed by atoms with Gasteiger partial charge in [0.2, 0.25) is 5.91 Å². The Morgan fingerprint density at radius 3 is 2.77 bits per heavy atom. The van der Waals surface area contributed by atoms with Crippen molar-refractivity contribution in [1.82, 2.24) is 14.5 Å². The van der Waals surface area contributed by atoms with E-state index in [0.29, 0.717) is 19.7 Å². The summed E-state index contributed by atoms with van der Waals surface area (Å²) in [5, 5.41) is 9.14. The van der Waals surface area contributed by atoms with Gasteiger partial charge in [0.25, 0.3) is 0 Å². The molecule has 1 amide bonds. The van der Waals surface area contributed by atoms with Crippen LogP contribution in [0.4, 0.5) is 0 Å². The average molecular weight is 303 g/mol. The minimum atomic E-state index is -0.0663. The van der Waals surface area contributed by atoms with Gasteiger partial charge in [0, 0.05) is 19.8 Å². The normalized spacial score (nSPS) is 10.5. The molecule has 6 heteroatoms. The summed E-state index contributed by atoms with van der Waals surface area (Å²) in [6.45, 7) is 0.982. The number of amides is 1. The number of rotatable bonds is 8. The molecule has 0 aliphatic heterocycles. The van der Waals surface area contributed by atoms with Crippen LogP contribution < -0.4 is 4.74 Å². The maximum Gasteiger partial charge on any atom is 0.226 e. The van der Waals surface area contributed by atoms with E-state index in [9.17, 15) is 4.79 Å². The lowest BCUT2D eigenvalue weighted by Gasteiger charge is -2.22. The molecule has 1 aromatic heterocycles. The Bertz CT molecular complexity index is 583. The summed E-state index contributed by atoms with van der Waals surface area (Å²) in [5.74, 6) is 0.696. The van der Waals surface area contributed by atoms with Crippen LogP contribution in [0.1, 0.15) is 12.1 Å². The Hall–Kier alpha value is -2.34. The number of carbonyl (C=O) groups excluding carboxylic acids is 1. The summed E-state index contributed by atoms with van der Waals surface area (Å²) < 4.78 is 7.40. The van der Waals surface area contributed by atoms with Crippen LogP contribution in [-0.2, 0) is 18.4 Å². The number of aliphatic hydroxyl groups is 1. The molecule has 1 aromatic carbocycles. The summed E-state index contributed by atoms with van der Waals surface area (Å²) in [6, 6.07) is 9.39. The lowest BCUT2D eigenvalue weighted by atomic mass is 10.3. The molecule has 0 aliphatic rings. The highest BCUT2D eigenvalue weighted by atomic mass is 16.5. The number of aryl methyl sites for hydroxylation is 1. The molecule has 22 heavy (non-hydrogen) atoms. The van der Waals surface area contributed by atoms with Crippen LogP contribution in [0.2, 0.25) is 0 Å². The van der Waals surface area contributed by atoms with Crippen LogP contribution in [0.15, 0.2) is 42.9 Å². The van der Waals surface area contributed by atoms with Gasteiger partial charge in [0.15, 0.2) is 0 Å². The Morgan fingerprint density at radius 2 is 2.14 bits per heavy atom. The molecule has 0 radical (unpaired) electrons. The summed E-state index contributed by atoms with van der Waals surface area (Å²) in [6.07, 6.45) is 3.68. The second-order valence-electron chi connectivity index (χ2n) is 4.95. The van der Waals surface area contributed by atoms with Gasteiger partial charge in [-0.25, -0.2) is 4.98 Å². The van der Waals surface area contributed by atoms with Crippen LogP contribution >= 0.6 is 0 Å². The van der Waals surface area contributed by atoms with E-state index in [-0.39, 0.29) is 18.9 Å². The zero-order valence-electron chi connectivity index (χ0n) is 12.7. The average Bonchev–Trinajstić information content (AvgIpc) is 2.93. The molecule has 0 atom stereocenters. The molecule has 2 rings (SSSR count). The van der Waals surface area contributed by atoms with Crippen molar-refractivity contribution in [3.63, 3.8) is 0 Å². The third-order valence-corrected chi connectivity index (χ3v) is 3.32.